The highest BCUT2D eigenvalue weighted by Crippen LogP contribution is 2.32. The van der Waals surface area contributed by atoms with Crippen LogP contribution in [0.4, 0.5) is 0 Å². The van der Waals surface area contributed by atoms with E-state index in [1.165, 1.54) is 0 Å². The number of amides is 1. The molecule has 2 N–H and O–H groups in total. The molecule has 22 heavy (non-hydrogen) atoms. The molecule has 1 aromatic carbocycles. The van der Waals surface area contributed by atoms with E-state index in [4.69, 9.17) is 9.47 Å². The first-order chi connectivity index (χ1) is 10.5. The fourth-order valence-corrected chi connectivity index (χ4v) is 2.97. The first-order valence-corrected chi connectivity index (χ1v) is 7.89. The normalized spacial score (nSPS) is 15.4. The highest BCUT2D eigenvalue weighted by Gasteiger charge is 2.23. The van der Waals surface area contributed by atoms with Crippen molar-refractivity contribution in [2.45, 2.75) is 18.9 Å². The van der Waals surface area contributed by atoms with Crippen molar-refractivity contribution in [1.29, 1.82) is 0 Å². The zero-order chi connectivity index (χ0) is 15.6. The predicted octanol–water partition coefficient (Wildman–Crippen LogP) is 2.20. The maximum absolute atomic E-state index is 12.2. The number of ether oxygens (including phenoxy) is 2. The number of rotatable bonds is 5. The lowest BCUT2D eigenvalue weighted by Crippen LogP contribution is -2.42. The molecule has 5 nitrogen and oxygen atoms in total. The quantitative estimate of drug-likeness (QED) is 0.886. The van der Waals surface area contributed by atoms with Crippen molar-refractivity contribution < 1.29 is 19.4 Å². The average molecular weight is 319 g/mol. The van der Waals surface area contributed by atoms with E-state index in [2.05, 4.69) is 5.32 Å². The third-order valence-corrected chi connectivity index (χ3v) is 4.16. The van der Waals surface area contributed by atoms with Gasteiger partial charge in [-0.1, -0.05) is 0 Å². The SMILES string of the molecule is CC(O)(CNC(=O)c1ccc2c(c1)OCO2)Cc1ccsc1. The summed E-state index contributed by atoms with van der Waals surface area (Å²) < 4.78 is 10.5. The maximum atomic E-state index is 12.2. The molecule has 1 aliphatic heterocycles. The minimum absolute atomic E-state index is 0.176. The third kappa shape index (κ3) is 3.40. The Hall–Kier alpha value is -2.05. The summed E-state index contributed by atoms with van der Waals surface area (Å²) >= 11 is 1.59. The smallest absolute Gasteiger partial charge is 0.251 e. The lowest BCUT2D eigenvalue weighted by molar-refractivity contribution is 0.0553. The molecule has 1 unspecified atom stereocenters. The summed E-state index contributed by atoms with van der Waals surface area (Å²) in [6.07, 6.45) is 0.498. The van der Waals surface area contributed by atoms with Gasteiger partial charge in [0.15, 0.2) is 11.5 Å². The van der Waals surface area contributed by atoms with Gasteiger partial charge in [0.1, 0.15) is 0 Å². The largest absolute Gasteiger partial charge is 0.454 e. The second-order valence-corrected chi connectivity index (χ2v) is 6.34. The van der Waals surface area contributed by atoms with E-state index >= 15 is 0 Å². The van der Waals surface area contributed by atoms with E-state index in [9.17, 15) is 9.90 Å². The number of aliphatic hydroxyl groups is 1. The van der Waals surface area contributed by atoms with Crippen LogP contribution in [0.15, 0.2) is 35.0 Å². The van der Waals surface area contributed by atoms with Crippen LogP contribution < -0.4 is 14.8 Å². The molecule has 116 valence electrons. The molecular weight excluding hydrogens is 302 g/mol. The molecule has 0 saturated carbocycles. The minimum atomic E-state index is -0.993. The molecule has 0 radical (unpaired) electrons. The topological polar surface area (TPSA) is 67.8 Å². The lowest BCUT2D eigenvalue weighted by Gasteiger charge is -2.23. The van der Waals surface area contributed by atoms with Gasteiger partial charge in [0.2, 0.25) is 6.79 Å². The zero-order valence-corrected chi connectivity index (χ0v) is 13.0. The Balaban J connectivity index is 1.59. The number of carbonyl (C=O) groups excluding carboxylic acids is 1. The van der Waals surface area contributed by atoms with E-state index in [1.807, 2.05) is 16.8 Å². The van der Waals surface area contributed by atoms with Crippen LogP contribution in [0.3, 0.4) is 0 Å². The van der Waals surface area contributed by atoms with Crippen molar-refractivity contribution >= 4 is 17.2 Å². The summed E-state index contributed by atoms with van der Waals surface area (Å²) in [5.74, 6) is 0.961. The van der Waals surface area contributed by atoms with Gasteiger partial charge in [-0.2, -0.15) is 11.3 Å². The first kappa shape index (κ1) is 14.9. The summed E-state index contributed by atoms with van der Waals surface area (Å²) in [5.41, 5.74) is 0.551. The van der Waals surface area contributed by atoms with E-state index in [-0.39, 0.29) is 19.2 Å². The molecule has 1 aromatic heterocycles. The Morgan fingerprint density at radius 1 is 1.36 bits per heavy atom. The summed E-state index contributed by atoms with van der Waals surface area (Å²) in [6, 6.07) is 7.00. The van der Waals surface area contributed by atoms with Crippen LogP contribution in [0.1, 0.15) is 22.8 Å². The van der Waals surface area contributed by atoms with Gasteiger partial charge in [-0.3, -0.25) is 4.79 Å². The molecule has 1 aliphatic rings. The Labute approximate surface area is 132 Å². The lowest BCUT2D eigenvalue weighted by atomic mass is 9.98. The van der Waals surface area contributed by atoms with Crippen LogP contribution in [-0.4, -0.2) is 30.0 Å². The van der Waals surface area contributed by atoms with Gasteiger partial charge < -0.3 is 19.9 Å². The van der Waals surface area contributed by atoms with Crippen molar-refractivity contribution in [3.8, 4) is 11.5 Å². The monoisotopic (exact) mass is 319 g/mol. The molecule has 0 saturated heterocycles. The van der Waals surface area contributed by atoms with Gasteiger partial charge in [0.25, 0.3) is 5.91 Å². The van der Waals surface area contributed by atoms with Gasteiger partial charge in [0, 0.05) is 18.5 Å². The van der Waals surface area contributed by atoms with Crippen molar-refractivity contribution in [1.82, 2.24) is 5.32 Å². The van der Waals surface area contributed by atoms with E-state index in [1.54, 1.807) is 36.5 Å². The predicted molar refractivity (Wildman–Crippen MR) is 83.5 cm³/mol. The molecule has 0 fully saturated rings. The van der Waals surface area contributed by atoms with Crippen LogP contribution in [0, 0.1) is 0 Å². The molecule has 2 aromatic rings. The van der Waals surface area contributed by atoms with Gasteiger partial charge >= 0.3 is 0 Å². The number of fused-ring (bicyclic) bond motifs is 1. The first-order valence-electron chi connectivity index (χ1n) is 6.95. The Kier molecular flexibility index (Phi) is 4.04. The number of hydrogen-bond acceptors (Lipinski definition) is 5. The zero-order valence-electron chi connectivity index (χ0n) is 12.2. The molecular formula is C16H17NO4S. The van der Waals surface area contributed by atoms with Crippen molar-refractivity contribution in [2.75, 3.05) is 13.3 Å². The summed E-state index contributed by atoms with van der Waals surface area (Å²) in [4.78, 5) is 12.2. The van der Waals surface area contributed by atoms with Crippen molar-refractivity contribution in [3.63, 3.8) is 0 Å². The van der Waals surface area contributed by atoms with E-state index < -0.39 is 5.60 Å². The summed E-state index contributed by atoms with van der Waals surface area (Å²) in [7, 11) is 0. The summed E-state index contributed by atoms with van der Waals surface area (Å²) in [6.45, 7) is 2.07. The average Bonchev–Trinajstić information content (AvgIpc) is 3.14. The van der Waals surface area contributed by atoms with Crippen LogP contribution in [0.5, 0.6) is 11.5 Å². The molecule has 6 heteroatoms. The number of nitrogens with one attached hydrogen (secondary N) is 1. The van der Waals surface area contributed by atoms with Crippen LogP contribution >= 0.6 is 11.3 Å². The molecule has 0 bridgehead atoms. The molecule has 1 amide bonds. The second-order valence-electron chi connectivity index (χ2n) is 5.56. The molecule has 0 aliphatic carbocycles. The molecule has 0 spiro atoms. The van der Waals surface area contributed by atoms with Gasteiger partial charge in [0.05, 0.1) is 5.60 Å². The van der Waals surface area contributed by atoms with Gasteiger partial charge in [-0.25, -0.2) is 0 Å². The summed E-state index contributed by atoms with van der Waals surface area (Å²) in [5, 5.41) is 17.1. The maximum Gasteiger partial charge on any atom is 0.251 e. The second kappa shape index (κ2) is 5.98. The molecule has 1 atom stereocenters. The number of hydrogen-bond donors (Lipinski definition) is 2. The Bertz CT molecular complexity index is 667. The highest BCUT2D eigenvalue weighted by molar-refractivity contribution is 7.07. The third-order valence-electron chi connectivity index (χ3n) is 3.43. The van der Waals surface area contributed by atoms with E-state index in [0.717, 1.165) is 5.56 Å². The Morgan fingerprint density at radius 2 is 2.18 bits per heavy atom. The van der Waals surface area contributed by atoms with Crippen LogP contribution in [-0.2, 0) is 6.42 Å². The number of benzene rings is 1. The standard InChI is InChI=1S/C16H17NO4S/c1-16(19,7-11-4-5-22-8-11)9-17-15(18)12-2-3-13-14(6-12)21-10-20-13/h2-6,8,19H,7,9-10H2,1H3,(H,17,18). The fraction of sp³-hybridized carbons (Fsp3) is 0.312. The van der Waals surface area contributed by atoms with Crippen LogP contribution in [0.2, 0.25) is 0 Å². The van der Waals surface area contributed by atoms with Crippen molar-refractivity contribution in [3.05, 3.63) is 46.2 Å². The number of carbonyl (C=O) groups is 1. The minimum Gasteiger partial charge on any atom is -0.454 e. The Morgan fingerprint density at radius 3 is 2.95 bits per heavy atom. The highest BCUT2D eigenvalue weighted by atomic mass is 32.1. The molecule has 2 heterocycles. The van der Waals surface area contributed by atoms with Gasteiger partial charge in [-0.15, -0.1) is 0 Å². The van der Waals surface area contributed by atoms with Gasteiger partial charge in [-0.05, 0) is 47.5 Å². The van der Waals surface area contributed by atoms with Crippen LogP contribution in [0.25, 0.3) is 0 Å². The number of thiophene rings is 1. The molecule has 3 rings (SSSR count). The fourth-order valence-electron chi connectivity index (χ4n) is 2.31. The van der Waals surface area contributed by atoms with Crippen molar-refractivity contribution in [2.24, 2.45) is 0 Å². The van der Waals surface area contributed by atoms with E-state index in [0.29, 0.717) is 23.5 Å².